The average molecular weight is 267 g/mol. The van der Waals surface area contributed by atoms with Gasteiger partial charge in [0.2, 0.25) is 0 Å². The molecule has 0 aromatic heterocycles. The van der Waals surface area contributed by atoms with Crippen LogP contribution < -0.4 is 10.6 Å². The molecule has 1 aliphatic carbocycles. The molecule has 4 nitrogen and oxygen atoms in total. The van der Waals surface area contributed by atoms with Gasteiger partial charge >= 0.3 is 6.03 Å². The van der Waals surface area contributed by atoms with E-state index in [4.69, 9.17) is 11.6 Å². The molecule has 96 valence electrons. The molecule has 1 aromatic rings. The Morgan fingerprint density at radius 3 is 2.89 bits per heavy atom. The van der Waals surface area contributed by atoms with E-state index >= 15 is 0 Å². The zero-order chi connectivity index (χ0) is 12.8. The highest BCUT2D eigenvalue weighted by Crippen LogP contribution is 2.51. The number of urea groups is 1. The summed E-state index contributed by atoms with van der Waals surface area (Å²) in [5, 5.41) is 15.8. The van der Waals surface area contributed by atoms with Gasteiger partial charge in [0.25, 0.3) is 0 Å². The highest BCUT2D eigenvalue weighted by atomic mass is 35.5. The highest BCUT2D eigenvalue weighted by molar-refractivity contribution is 6.30. The summed E-state index contributed by atoms with van der Waals surface area (Å²) >= 11 is 6.06. The minimum atomic E-state index is -0.461. The molecular weight excluding hydrogens is 252 g/mol. The molecule has 18 heavy (non-hydrogen) atoms. The molecule has 1 fully saturated rings. The van der Waals surface area contributed by atoms with Crippen molar-refractivity contribution >= 4 is 23.3 Å². The lowest BCUT2D eigenvalue weighted by molar-refractivity contribution is 0.184. The predicted molar refractivity (Wildman–Crippen MR) is 69.7 cm³/mol. The van der Waals surface area contributed by atoms with Crippen LogP contribution in [0.4, 0.5) is 10.5 Å². The number of fused-ring (bicyclic) bond motifs is 1. The third kappa shape index (κ3) is 1.76. The number of aliphatic hydroxyl groups is 1. The summed E-state index contributed by atoms with van der Waals surface area (Å²) in [7, 11) is 0. The van der Waals surface area contributed by atoms with E-state index in [-0.39, 0.29) is 12.6 Å². The fraction of sp³-hybridized carbons (Fsp3) is 0.462. The van der Waals surface area contributed by atoms with Crippen molar-refractivity contribution < 1.29 is 9.90 Å². The van der Waals surface area contributed by atoms with Gasteiger partial charge in [0.05, 0.1) is 5.54 Å². The molecule has 1 aromatic carbocycles. The summed E-state index contributed by atoms with van der Waals surface area (Å²) in [4.78, 5) is 11.8. The predicted octanol–water partition coefficient (Wildman–Crippen LogP) is 2.46. The molecule has 1 unspecified atom stereocenters. The first-order valence-corrected chi connectivity index (χ1v) is 6.53. The van der Waals surface area contributed by atoms with E-state index in [1.807, 2.05) is 12.1 Å². The van der Waals surface area contributed by atoms with Crippen LogP contribution in [0.25, 0.3) is 0 Å². The second-order valence-electron chi connectivity index (χ2n) is 4.99. The standard InChI is InChI=1S/C13H15ClN2O2/c14-9-3-4-11-10(7-9)13(5-6-17,8-1-2-8)16-12(18)15-11/h3-4,7-8,17H,1-2,5-6H2,(H2,15,16,18). The molecule has 3 rings (SSSR count). The summed E-state index contributed by atoms with van der Waals surface area (Å²) in [6.45, 7) is 0.0444. The van der Waals surface area contributed by atoms with Gasteiger partial charge in [-0.05, 0) is 43.4 Å². The summed E-state index contributed by atoms with van der Waals surface area (Å²) in [5.41, 5.74) is 1.33. The maximum atomic E-state index is 11.8. The Bertz CT molecular complexity index is 502. The lowest BCUT2D eigenvalue weighted by Gasteiger charge is -2.40. The molecular formula is C13H15ClN2O2. The van der Waals surface area contributed by atoms with Gasteiger partial charge in [-0.3, -0.25) is 0 Å². The number of halogens is 1. The number of carbonyl (C=O) groups excluding carboxylic acids is 1. The topological polar surface area (TPSA) is 61.4 Å². The van der Waals surface area contributed by atoms with E-state index in [1.165, 1.54) is 0 Å². The normalized spacial score (nSPS) is 26.2. The van der Waals surface area contributed by atoms with Crippen molar-refractivity contribution in [3.05, 3.63) is 28.8 Å². The average Bonchev–Trinajstić information content (AvgIpc) is 3.14. The largest absolute Gasteiger partial charge is 0.396 e. The number of nitrogens with one attached hydrogen (secondary N) is 2. The number of hydrogen-bond donors (Lipinski definition) is 3. The van der Waals surface area contributed by atoms with Crippen LogP contribution in [0.2, 0.25) is 5.02 Å². The van der Waals surface area contributed by atoms with E-state index in [1.54, 1.807) is 6.07 Å². The Morgan fingerprint density at radius 2 is 2.22 bits per heavy atom. The van der Waals surface area contributed by atoms with Gasteiger partial charge in [-0.15, -0.1) is 0 Å². The van der Waals surface area contributed by atoms with Crippen LogP contribution in [0.15, 0.2) is 18.2 Å². The third-order valence-corrected chi connectivity index (χ3v) is 4.06. The number of benzene rings is 1. The molecule has 0 radical (unpaired) electrons. The Labute approximate surface area is 110 Å². The lowest BCUT2D eigenvalue weighted by Crippen LogP contribution is -2.53. The smallest absolute Gasteiger partial charge is 0.319 e. The van der Waals surface area contributed by atoms with Crippen molar-refractivity contribution in [2.24, 2.45) is 5.92 Å². The summed E-state index contributed by atoms with van der Waals surface area (Å²) in [5.74, 6) is 0.396. The first-order chi connectivity index (χ1) is 8.65. The van der Waals surface area contributed by atoms with E-state index in [0.717, 1.165) is 24.1 Å². The molecule has 1 heterocycles. The van der Waals surface area contributed by atoms with E-state index in [0.29, 0.717) is 17.4 Å². The van der Waals surface area contributed by atoms with Crippen LogP contribution in [-0.4, -0.2) is 17.7 Å². The first kappa shape index (κ1) is 11.8. The molecule has 0 spiro atoms. The molecule has 5 heteroatoms. The molecule has 2 amide bonds. The van der Waals surface area contributed by atoms with Gasteiger partial charge in [-0.25, -0.2) is 4.79 Å². The van der Waals surface area contributed by atoms with Gasteiger partial charge in [-0.2, -0.15) is 0 Å². The quantitative estimate of drug-likeness (QED) is 0.787. The van der Waals surface area contributed by atoms with Gasteiger partial charge < -0.3 is 15.7 Å². The lowest BCUT2D eigenvalue weighted by atomic mass is 9.80. The van der Waals surface area contributed by atoms with Gasteiger partial charge in [0.1, 0.15) is 0 Å². The maximum Gasteiger partial charge on any atom is 0.319 e. The fourth-order valence-electron chi connectivity index (χ4n) is 2.89. The van der Waals surface area contributed by atoms with E-state index < -0.39 is 5.54 Å². The monoisotopic (exact) mass is 266 g/mol. The van der Waals surface area contributed by atoms with Gasteiger partial charge in [-0.1, -0.05) is 11.6 Å². The van der Waals surface area contributed by atoms with Crippen LogP contribution in [0.3, 0.4) is 0 Å². The summed E-state index contributed by atoms with van der Waals surface area (Å²) in [6.07, 6.45) is 2.68. The second-order valence-corrected chi connectivity index (χ2v) is 5.42. The van der Waals surface area contributed by atoms with Gasteiger partial charge in [0.15, 0.2) is 0 Å². The van der Waals surface area contributed by atoms with Crippen molar-refractivity contribution in [3.63, 3.8) is 0 Å². The Balaban J connectivity index is 2.14. The van der Waals surface area contributed by atoms with Crippen molar-refractivity contribution in [1.29, 1.82) is 0 Å². The Hall–Kier alpha value is -1.26. The third-order valence-electron chi connectivity index (χ3n) is 3.83. The Morgan fingerprint density at radius 1 is 1.44 bits per heavy atom. The minimum Gasteiger partial charge on any atom is -0.396 e. The van der Waals surface area contributed by atoms with Crippen LogP contribution in [0.5, 0.6) is 0 Å². The zero-order valence-corrected chi connectivity index (χ0v) is 10.6. The zero-order valence-electron chi connectivity index (χ0n) is 9.87. The minimum absolute atomic E-state index is 0.0444. The number of anilines is 1. The SMILES string of the molecule is O=C1Nc2ccc(Cl)cc2C(CCO)(C2CC2)N1. The number of amides is 2. The van der Waals surface area contributed by atoms with Crippen molar-refractivity contribution in [2.45, 2.75) is 24.8 Å². The van der Waals surface area contributed by atoms with E-state index in [9.17, 15) is 9.90 Å². The number of carbonyl (C=O) groups is 1. The molecule has 0 bridgehead atoms. The fourth-order valence-corrected chi connectivity index (χ4v) is 3.07. The number of aliphatic hydroxyl groups excluding tert-OH is 1. The number of rotatable bonds is 3. The van der Waals surface area contributed by atoms with Crippen LogP contribution in [0, 0.1) is 5.92 Å². The molecule has 1 aliphatic heterocycles. The van der Waals surface area contributed by atoms with Gasteiger partial charge in [0, 0.05) is 22.9 Å². The molecule has 3 N–H and O–H groups in total. The van der Waals surface area contributed by atoms with Crippen LogP contribution in [0.1, 0.15) is 24.8 Å². The second kappa shape index (κ2) is 4.14. The maximum absolute atomic E-state index is 11.8. The van der Waals surface area contributed by atoms with Crippen molar-refractivity contribution in [2.75, 3.05) is 11.9 Å². The molecule has 2 aliphatic rings. The van der Waals surface area contributed by atoms with Crippen molar-refractivity contribution in [1.82, 2.24) is 5.32 Å². The first-order valence-electron chi connectivity index (χ1n) is 6.16. The van der Waals surface area contributed by atoms with E-state index in [2.05, 4.69) is 10.6 Å². The number of hydrogen-bond acceptors (Lipinski definition) is 2. The highest BCUT2D eigenvalue weighted by Gasteiger charge is 2.50. The van der Waals surface area contributed by atoms with Crippen molar-refractivity contribution in [3.8, 4) is 0 Å². The summed E-state index contributed by atoms with van der Waals surface area (Å²) in [6, 6.07) is 5.27. The summed E-state index contributed by atoms with van der Waals surface area (Å²) < 4.78 is 0. The molecule has 0 saturated heterocycles. The van der Waals surface area contributed by atoms with Crippen LogP contribution >= 0.6 is 11.6 Å². The molecule has 1 atom stereocenters. The molecule has 1 saturated carbocycles. The Kier molecular flexibility index (Phi) is 2.72. The van der Waals surface area contributed by atoms with Crippen LogP contribution in [-0.2, 0) is 5.54 Å².